The molecule has 0 bridgehead atoms. The SMILES string of the molecule is CC1CCCN(c2ccc(CBr)cn2)C1C. The lowest BCUT2D eigenvalue weighted by Crippen LogP contribution is -2.42. The van der Waals surface area contributed by atoms with E-state index < -0.39 is 0 Å². The molecule has 0 aliphatic carbocycles. The molecule has 0 aromatic carbocycles. The van der Waals surface area contributed by atoms with Crippen molar-refractivity contribution in [1.29, 1.82) is 0 Å². The van der Waals surface area contributed by atoms with Gasteiger partial charge in [0.25, 0.3) is 0 Å². The van der Waals surface area contributed by atoms with Crippen molar-refractivity contribution in [2.24, 2.45) is 5.92 Å². The number of rotatable bonds is 2. The lowest BCUT2D eigenvalue weighted by atomic mass is 9.92. The Morgan fingerprint density at radius 2 is 2.25 bits per heavy atom. The van der Waals surface area contributed by atoms with Gasteiger partial charge in [-0.25, -0.2) is 4.98 Å². The van der Waals surface area contributed by atoms with E-state index in [1.807, 2.05) is 6.20 Å². The summed E-state index contributed by atoms with van der Waals surface area (Å²) in [6.07, 6.45) is 4.60. The number of piperidine rings is 1. The molecule has 1 saturated heterocycles. The molecule has 1 aromatic rings. The minimum Gasteiger partial charge on any atom is -0.354 e. The molecule has 1 aromatic heterocycles. The van der Waals surface area contributed by atoms with Crippen LogP contribution in [0.1, 0.15) is 32.3 Å². The summed E-state index contributed by atoms with van der Waals surface area (Å²) >= 11 is 3.45. The average Bonchev–Trinajstić information content (AvgIpc) is 2.33. The molecule has 0 saturated carbocycles. The molecular formula is C13H19BrN2. The highest BCUT2D eigenvalue weighted by Gasteiger charge is 2.25. The molecule has 1 fully saturated rings. The van der Waals surface area contributed by atoms with Crippen molar-refractivity contribution in [2.45, 2.75) is 38.1 Å². The highest BCUT2D eigenvalue weighted by molar-refractivity contribution is 9.08. The number of pyridine rings is 1. The summed E-state index contributed by atoms with van der Waals surface area (Å²) < 4.78 is 0. The second kappa shape index (κ2) is 5.17. The minimum atomic E-state index is 0.607. The van der Waals surface area contributed by atoms with Gasteiger partial charge in [-0.2, -0.15) is 0 Å². The van der Waals surface area contributed by atoms with Crippen LogP contribution in [0.25, 0.3) is 0 Å². The summed E-state index contributed by atoms with van der Waals surface area (Å²) in [5, 5.41) is 0.881. The van der Waals surface area contributed by atoms with Crippen LogP contribution >= 0.6 is 15.9 Å². The summed E-state index contributed by atoms with van der Waals surface area (Å²) in [6, 6.07) is 4.91. The molecule has 0 spiro atoms. The standard InChI is InChI=1S/C13H19BrN2/c1-10-4-3-7-16(11(10)2)13-6-5-12(8-14)9-15-13/h5-6,9-11H,3-4,7-8H2,1-2H3. The summed E-state index contributed by atoms with van der Waals surface area (Å²) in [4.78, 5) is 6.99. The van der Waals surface area contributed by atoms with Gasteiger partial charge in [0.1, 0.15) is 5.82 Å². The van der Waals surface area contributed by atoms with Crippen LogP contribution in [0, 0.1) is 5.92 Å². The molecule has 1 aliphatic heterocycles. The lowest BCUT2D eigenvalue weighted by molar-refractivity contribution is 0.361. The van der Waals surface area contributed by atoms with Crippen molar-refractivity contribution < 1.29 is 0 Å². The van der Waals surface area contributed by atoms with Gasteiger partial charge in [-0.05, 0) is 37.3 Å². The van der Waals surface area contributed by atoms with Crippen LogP contribution in [0.3, 0.4) is 0 Å². The second-order valence-corrected chi connectivity index (χ2v) is 5.27. The Morgan fingerprint density at radius 3 is 2.88 bits per heavy atom. The van der Waals surface area contributed by atoms with E-state index in [0.717, 1.165) is 23.6 Å². The number of alkyl halides is 1. The molecule has 2 unspecified atom stereocenters. The third-order valence-corrected chi connectivity index (χ3v) is 4.28. The van der Waals surface area contributed by atoms with Crippen LogP contribution in [0.15, 0.2) is 18.3 Å². The Labute approximate surface area is 106 Å². The first-order valence-corrected chi connectivity index (χ1v) is 7.12. The Kier molecular flexibility index (Phi) is 3.85. The number of hydrogen-bond acceptors (Lipinski definition) is 2. The summed E-state index contributed by atoms with van der Waals surface area (Å²) in [5.74, 6) is 1.90. The van der Waals surface area contributed by atoms with Crippen molar-refractivity contribution in [3.8, 4) is 0 Å². The summed E-state index contributed by atoms with van der Waals surface area (Å²) in [7, 11) is 0. The molecule has 2 rings (SSSR count). The van der Waals surface area contributed by atoms with E-state index in [1.165, 1.54) is 18.4 Å². The Morgan fingerprint density at radius 1 is 1.44 bits per heavy atom. The second-order valence-electron chi connectivity index (χ2n) is 4.71. The molecule has 16 heavy (non-hydrogen) atoms. The number of nitrogens with zero attached hydrogens (tertiary/aromatic N) is 2. The van der Waals surface area contributed by atoms with Crippen molar-refractivity contribution >= 4 is 21.7 Å². The smallest absolute Gasteiger partial charge is 0.128 e. The maximum atomic E-state index is 4.55. The molecule has 0 N–H and O–H groups in total. The van der Waals surface area contributed by atoms with Crippen LogP contribution in [0.2, 0.25) is 0 Å². The number of halogens is 1. The fourth-order valence-corrected chi connectivity index (χ4v) is 2.66. The van der Waals surface area contributed by atoms with Gasteiger partial charge in [0.05, 0.1) is 0 Å². The van der Waals surface area contributed by atoms with Gasteiger partial charge in [0.15, 0.2) is 0 Å². The Balaban J connectivity index is 2.15. The first-order valence-electron chi connectivity index (χ1n) is 6.00. The van der Waals surface area contributed by atoms with Crippen LogP contribution < -0.4 is 4.90 Å². The first-order chi connectivity index (χ1) is 7.72. The fraction of sp³-hybridized carbons (Fsp3) is 0.615. The predicted molar refractivity (Wildman–Crippen MR) is 72.1 cm³/mol. The zero-order valence-corrected chi connectivity index (χ0v) is 11.6. The highest BCUT2D eigenvalue weighted by atomic mass is 79.9. The summed E-state index contributed by atoms with van der Waals surface area (Å²) in [5.41, 5.74) is 1.24. The normalized spacial score (nSPS) is 25.8. The van der Waals surface area contributed by atoms with Crippen molar-refractivity contribution in [2.75, 3.05) is 11.4 Å². The van der Waals surface area contributed by atoms with E-state index >= 15 is 0 Å². The van der Waals surface area contributed by atoms with Crippen LogP contribution in [-0.4, -0.2) is 17.6 Å². The van der Waals surface area contributed by atoms with Gasteiger partial charge >= 0.3 is 0 Å². The number of aromatic nitrogens is 1. The largest absolute Gasteiger partial charge is 0.354 e. The molecule has 3 heteroatoms. The zero-order valence-electron chi connectivity index (χ0n) is 9.99. The zero-order chi connectivity index (χ0) is 11.5. The van der Waals surface area contributed by atoms with E-state index in [4.69, 9.17) is 0 Å². The molecule has 0 amide bonds. The maximum absolute atomic E-state index is 4.55. The van der Waals surface area contributed by atoms with Crippen LogP contribution in [0.4, 0.5) is 5.82 Å². The number of anilines is 1. The minimum absolute atomic E-state index is 0.607. The van der Waals surface area contributed by atoms with Crippen LogP contribution in [-0.2, 0) is 5.33 Å². The molecule has 88 valence electrons. The lowest BCUT2D eigenvalue weighted by Gasteiger charge is -2.38. The number of hydrogen-bond donors (Lipinski definition) is 0. The third kappa shape index (κ3) is 2.40. The molecule has 2 heterocycles. The maximum Gasteiger partial charge on any atom is 0.128 e. The highest BCUT2D eigenvalue weighted by Crippen LogP contribution is 2.27. The van der Waals surface area contributed by atoms with E-state index in [9.17, 15) is 0 Å². The van der Waals surface area contributed by atoms with Crippen molar-refractivity contribution in [3.05, 3.63) is 23.9 Å². The van der Waals surface area contributed by atoms with Gasteiger partial charge in [0, 0.05) is 24.1 Å². The van der Waals surface area contributed by atoms with Gasteiger partial charge in [-0.3, -0.25) is 0 Å². The van der Waals surface area contributed by atoms with Gasteiger partial charge < -0.3 is 4.90 Å². The topological polar surface area (TPSA) is 16.1 Å². The van der Waals surface area contributed by atoms with E-state index in [1.54, 1.807) is 0 Å². The van der Waals surface area contributed by atoms with Crippen molar-refractivity contribution in [3.63, 3.8) is 0 Å². The van der Waals surface area contributed by atoms with Gasteiger partial charge in [-0.1, -0.05) is 28.9 Å². The third-order valence-electron chi connectivity index (χ3n) is 3.63. The van der Waals surface area contributed by atoms with E-state index in [-0.39, 0.29) is 0 Å². The quantitative estimate of drug-likeness (QED) is 0.771. The van der Waals surface area contributed by atoms with E-state index in [2.05, 4.69) is 51.8 Å². The first kappa shape index (κ1) is 11.9. The fourth-order valence-electron chi connectivity index (χ4n) is 2.32. The van der Waals surface area contributed by atoms with Crippen LogP contribution in [0.5, 0.6) is 0 Å². The van der Waals surface area contributed by atoms with Crippen molar-refractivity contribution in [1.82, 2.24) is 4.98 Å². The molecule has 0 radical (unpaired) electrons. The molecular weight excluding hydrogens is 264 g/mol. The van der Waals surface area contributed by atoms with E-state index in [0.29, 0.717) is 6.04 Å². The molecule has 2 nitrogen and oxygen atoms in total. The van der Waals surface area contributed by atoms with Gasteiger partial charge in [0.2, 0.25) is 0 Å². The monoisotopic (exact) mass is 282 g/mol. The predicted octanol–water partition coefficient (Wildman–Crippen LogP) is 3.60. The summed E-state index contributed by atoms with van der Waals surface area (Å²) in [6.45, 7) is 5.79. The average molecular weight is 283 g/mol. The molecule has 1 aliphatic rings. The molecule has 2 atom stereocenters. The Hall–Kier alpha value is -0.570. The Bertz CT molecular complexity index is 336. The van der Waals surface area contributed by atoms with Gasteiger partial charge in [-0.15, -0.1) is 0 Å².